The van der Waals surface area contributed by atoms with Crippen LogP contribution in [0.4, 0.5) is 0 Å². The predicted octanol–water partition coefficient (Wildman–Crippen LogP) is 4.85. The number of hydrogen-bond acceptors (Lipinski definition) is 3. The summed E-state index contributed by atoms with van der Waals surface area (Å²) in [5.41, 5.74) is 0.226. The van der Waals surface area contributed by atoms with Crippen molar-refractivity contribution in [2.45, 2.75) is 9.92 Å². The van der Waals surface area contributed by atoms with Crippen molar-refractivity contribution in [3.8, 4) is 0 Å². The topological polar surface area (TPSA) is 50.2 Å². The maximum absolute atomic E-state index is 11.3. The van der Waals surface area contributed by atoms with E-state index in [0.717, 1.165) is 19.8 Å². The van der Waals surface area contributed by atoms with Crippen molar-refractivity contribution >= 4 is 44.4 Å². The Kier molecular flexibility index (Phi) is 3.94. The highest BCUT2D eigenvalue weighted by Gasteiger charge is 2.13. The molecule has 0 aliphatic heterocycles. The van der Waals surface area contributed by atoms with Gasteiger partial charge in [-0.2, -0.15) is 0 Å². The monoisotopic (exact) mass is 359 g/mol. The first-order valence-corrected chi connectivity index (χ1v) is 7.80. The number of carbonyl (C=O) groups is 1. The maximum atomic E-state index is 11.3. The summed E-state index contributed by atoms with van der Waals surface area (Å²) in [5, 5.41) is 11.6. The zero-order chi connectivity index (χ0) is 14.8. The molecule has 0 radical (unpaired) electrons. The Morgan fingerprint density at radius 2 is 1.86 bits per heavy atom. The molecule has 1 heterocycles. The molecular formula is C16H10BrNO2S. The van der Waals surface area contributed by atoms with Crippen molar-refractivity contribution in [3.63, 3.8) is 0 Å². The minimum Gasteiger partial charge on any atom is -0.478 e. The van der Waals surface area contributed by atoms with E-state index in [1.807, 2.05) is 48.5 Å². The summed E-state index contributed by atoms with van der Waals surface area (Å²) in [6.45, 7) is 0. The zero-order valence-electron chi connectivity index (χ0n) is 10.8. The lowest BCUT2D eigenvalue weighted by molar-refractivity contribution is 0.0698. The van der Waals surface area contributed by atoms with Crippen molar-refractivity contribution < 1.29 is 9.90 Å². The van der Waals surface area contributed by atoms with Gasteiger partial charge in [0.05, 0.1) is 5.56 Å². The van der Waals surface area contributed by atoms with E-state index in [2.05, 4.69) is 20.9 Å². The second kappa shape index (κ2) is 5.87. The Labute approximate surface area is 134 Å². The van der Waals surface area contributed by atoms with Crippen LogP contribution >= 0.6 is 27.7 Å². The summed E-state index contributed by atoms with van der Waals surface area (Å²) in [4.78, 5) is 16.6. The van der Waals surface area contributed by atoms with Crippen LogP contribution in [0.5, 0.6) is 0 Å². The van der Waals surface area contributed by atoms with Gasteiger partial charge in [-0.1, -0.05) is 58.0 Å². The van der Waals surface area contributed by atoms with Crippen LogP contribution in [0.3, 0.4) is 0 Å². The molecule has 0 aliphatic carbocycles. The number of hydrogen-bond donors (Lipinski definition) is 1. The van der Waals surface area contributed by atoms with Crippen molar-refractivity contribution in [3.05, 3.63) is 64.8 Å². The number of rotatable bonds is 3. The standard InChI is InChI=1S/C16H10BrNO2S/c17-10-4-3-5-11(8-10)21-15-13-7-2-1-6-12(13)14(9-18-15)16(19)20/h1-9H,(H,19,20). The first kappa shape index (κ1) is 14.1. The Hall–Kier alpha value is -1.85. The number of pyridine rings is 1. The van der Waals surface area contributed by atoms with Gasteiger partial charge in [-0.15, -0.1) is 0 Å². The minimum atomic E-state index is -0.960. The molecule has 0 fully saturated rings. The van der Waals surface area contributed by atoms with Gasteiger partial charge < -0.3 is 5.11 Å². The van der Waals surface area contributed by atoms with Gasteiger partial charge in [0.25, 0.3) is 0 Å². The van der Waals surface area contributed by atoms with Crippen LogP contribution in [-0.4, -0.2) is 16.1 Å². The molecule has 3 rings (SSSR count). The number of nitrogens with zero attached hydrogens (tertiary/aromatic N) is 1. The number of aromatic carboxylic acids is 1. The molecule has 0 saturated carbocycles. The molecule has 0 spiro atoms. The molecule has 1 aromatic heterocycles. The molecule has 0 aliphatic rings. The second-order valence-electron chi connectivity index (χ2n) is 4.39. The summed E-state index contributed by atoms with van der Waals surface area (Å²) >= 11 is 4.96. The van der Waals surface area contributed by atoms with E-state index in [1.165, 1.54) is 18.0 Å². The van der Waals surface area contributed by atoms with Gasteiger partial charge in [0.2, 0.25) is 0 Å². The van der Waals surface area contributed by atoms with E-state index in [0.29, 0.717) is 5.39 Å². The third-order valence-corrected chi connectivity index (χ3v) is 4.50. The van der Waals surface area contributed by atoms with Crippen LogP contribution in [0.25, 0.3) is 10.8 Å². The number of fused-ring (bicyclic) bond motifs is 1. The first-order chi connectivity index (χ1) is 10.1. The number of carboxylic acid groups (broad SMARTS) is 1. The van der Waals surface area contributed by atoms with Crippen LogP contribution < -0.4 is 0 Å². The van der Waals surface area contributed by atoms with Crippen LogP contribution in [0.2, 0.25) is 0 Å². The Balaban J connectivity index is 2.12. The SMILES string of the molecule is O=C(O)c1cnc(Sc2cccc(Br)c2)c2ccccc12. The maximum Gasteiger partial charge on any atom is 0.337 e. The quantitative estimate of drug-likeness (QED) is 0.726. The lowest BCUT2D eigenvalue weighted by Gasteiger charge is -2.08. The zero-order valence-corrected chi connectivity index (χ0v) is 13.2. The van der Waals surface area contributed by atoms with Gasteiger partial charge in [-0.3, -0.25) is 0 Å². The van der Waals surface area contributed by atoms with Crippen molar-refractivity contribution in [2.75, 3.05) is 0 Å². The smallest absolute Gasteiger partial charge is 0.337 e. The van der Waals surface area contributed by atoms with Crippen LogP contribution in [0.15, 0.2) is 69.1 Å². The van der Waals surface area contributed by atoms with Gasteiger partial charge in [-0.25, -0.2) is 9.78 Å². The van der Waals surface area contributed by atoms with E-state index < -0.39 is 5.97 Å². The van der Waals surface area contributed by atoms with Crippen LogP contribution in [0, 0.1) is 0 Å². The fraction of sp³-hybridized carbons (Fsp3) is 0. The lowest BCUT2D eigenvalue weighted by atomic mass is 10.1. The summed E-state index contributed by atoms with van der Waals surface area (Å²) in [6, 6.07) is 15.4. The number of halogens is 1. The molecule has 5 heteroatoms. The third-order valence-electron chi connectivity index (χ3n) is 3.00. The van der Waals surface area contributed by atoms with Gasteiger partial charge in [0, 0.05) is 26.3 Å². The van der Waals surface area contributed by atoms with Crippen LogP contribution in [0.1, 0.15) is 10.4 Å². The van der Waals surface area contributed by atoms with Crippen molar-refractivity contribution in [2.24, 2.45) is 0 Å². The Bertz CT molecular complexity index is 835. The molecule has 1 N–H and O–H groups in total. The Morgan fingerprint density at radius 1 is 1.10 bits per heavy atom. The summed E-state index contributed by atoms with van der Waals surface area (Å²) in [7, 11) is 0. The summed E-state index contributed by atoms with van der Waals surface area (Å²) in [5.74, 6) is -0.960. The molecule has 0 unspecified atom stereocenters. The first-order valence-electron chi connectivity index (χ1n) is 6.19. The highest BCUT2D eigenvalue weighted by molar-refractivity contribution is 9.10. The molecule has 0 atom stereocenters. The lowest BCUT2D eigenvalue weighted by Crippen LogP contribution is -1.99. The average molecular weight is 360 g/mol. The van der Waals surface area contributed by atoms with Crippen molar-refractivity contribution in [1.82, 2.24) is 4.98 Å². The van der Waals surface area contributed by atoms with Gasteiger partial charge in [-0.05, 0) is 18.2 Å². The average Bonchev–Trinajstić information content (AvgIpc) is 2.47. The Morgan fingerprint density at radius 3 is 2.57 bits per heavy atom. The van der Waals surface area contributed by atoms with E-state index >= 15 is 0 Å². The molecule has 3 nitrogen and oxygen atoms in total. The van der Waals surface area contributed by atoms with E-state index in [-0.39, 0.29) is 5.56 Å². The molecule has 0 amide bonds. The molecule has 104 valence electrons. The fourth-order valence-corrected chi connectivity index (χ4v) is 3.56. The second-order valence-corrected chi connectivity index (χ2v) is 6.37. The molecular weight excluding hydrogens is 350 g/mol. The number of benzene rings is 2. The van der Waals surface area contributed by atoms with E-state index in [4.69, 9.17) is 0 Å². The number of aromatic nitrogens is 1. The molecule has 3 aromatic rings. The van der Waals surface area contributed by atoms with Crippen molar-refractivity contribution in [1.29, 1.82) is 0 Å². The molecule has 2 aromatic carbocycles. The van der Waals surface area contributed by atoms with Crippen LogP contribution in [-0.2, 0) is 0 Å². The van der Waals surface area contributed by atoms with E-state index in [1.54, 1.807) is 0 Å². The minimum absolute atomic E-state index is 0.226. The fourth-order valence-electron chi connectivity index (χ4n) is 2.06. The predicted molar refractivity (Wildman–Crippen MR) is 87.0 cm³/mol. The van der Waals surface area contributed by atoms with Gasteiger partial charge >= 0.3 is 5.97 Å². The molecule has 0 bridgehead atoms. The number of carboxylic acids is 1. The van der Waals surface area contributed by atoms with E-state index in [9.17, 15) is 9.90 Å². The highest BCUT2D eigenvalue weighted by atomic mass is 79.9. The van der Waals surface area contributed by atoms with Gasteiger partial charge in [0.15, 0.2) is 0 Å². The summed E-state index contributed by atoms with van der Waals surface area (Å²) < 4.78 is 0.999. The largest absolute Gasteiger partial charge is 0.478 e. The highest BCUT2D eigenvalue weighted by Crippen LogP contribution is 2.34. The molecule has 21 heavy (non-hydrogen) atoms. The third kappa shape index (κ3) is 2.94. The normalized spacial score (nSPS) is 10.7. The molecule has 0 saturated heterocycles. The van der Waals surface area contributed by atoms with Gasteiger partial charge in [0.1, 0.15) is 5.03 Å². The summed E-state index contributed by atoms with van der Waals surface area (Å²) in [6.07, 6.45) is 1.42.